The average molecular weight is 307 g/mol. The third-order valence-corrected chi connectivity index (χ3v) is 3.52. The second-order valence-electron chi connectivity index (χ2n) is 4.95. The number of aliphatic carboxylic acids is 1. The molecule has 2 aromatic rings. The Balaban J connectivity index is 2.51. The lowest BCUT2D eigenvalue weighted by atomic mass is 10.2. The van der Waals surface area contributed by atoms with Gasteiger partial charge in [0.1, 0.15) is 5.82 Å². The predicted octanol–water partition coefficient (Wildman–Crippen LogP) is -0.632. The molecule has 0 aliphatic rings. The lowest BCUT2D eigenvalue weighted by Crippen LogP contribution is -2.50. The summed E-state index contributed by atoms with van der Waals surface area (Å²) in [6, 6.07) is 3.63. The number of carboxylic acids is 1. The van der Waals surface area contributed by atoms with Gasteiger partial charge in [-0.3, -0.25) is 0 Å². The number of quaternary nitrogens is 1. The van der Waals surface area contributed by atoms with Crippen LogP contribution in [0.2, 0.25) is 0 Å². The van der Waals surface area contributed by atoms with Gasteiger partial charge in [-0.2, -0.15) is 0 Å². The molecule has 7 heteroatoms. The fourth-order valence-corrected chi connectivity index (χ4v) is 2.43. The first-order valence-electron chi connectivity index (χ1n) is 7.21. The summed E-state index contributed by atoms with van der Waals surface area (Å²) < 4.78 is 12.5. The Hall–Kier alpha value is -2.28. The number of hydrogen-bond donors (Lipinski definition) is 1. The van der Waals surface area contributed by atoms with Gasteiger partial charge in [-0.15, -0.1) is 0 Å². The van der Waals surface area contributed by atoms with Crippen LogP contribution in [0.1, 0.15) is 18.7 Å². The van der Waals surface area contributed by atoms with Crippen molar-refractivity contribution in [3.63, 3.8) is 0 Å². The number of aromatic nitrogens is 2. The molecule has 0 unspecified atom stereocenters. The summed E-state index contributed by atoms with van der Waals surface area (Å²) in [5, 5.41) is 10.8. The molecule has 1 heterocycles. The van der Waals surface area contributed by atoms with Crippen molar-refractivity contribution in [3.05, 3.63) is 18.0 Å². The number of aryl methyl sites for hydroxylation is 2. The van der Waals surface area contributed by atoms with E-state index in [1.54, 1.807) is 20.3 Å². The van der Waals surface area contributed by atoms with Crippen molar-refractivity contribution < 1.29 is 25.1 Å². The first-order chi connectivity index (χ1) is 10.6. The molecule has 3 N–H and O–H groups in total. The number of nitrogens with zero attached hydrogens (tertiary/aromatic N) is 2. The van der Waals surface area contributed by atoms with Crippen LogP contribution in [0.3, 0.4) is 0 Å². The number of benzene rings is 1. The summed E-state index contributed by atoms with van der Waals surface area (Å²) >= 11 is 0. The molecule has 2 rings (SSSR count). The maximum Gasteiger partial charge on any atom is 0.163 e. The lowest BCUT2D eigenvalue weighted by molar-refractivity contribution is -0.368. The topological polar surface area (TPSA) is 104 Å². The first kappa shape index (κ1) is 16.1. The van der Waals surface area contributed by atoms with Gasteiger partial charge in [0.15, 0.2) is 11.5 Å². The van der Waals surface area contributed by atoms with Crippen LogP contribution in [-0.2, 0) is 17.8 Å². The summed E-state index contributed by atoms with van der Waals surface area (Å²) in [7, 11) is 3.13. The van der Waals surface area contributed by atoms with Crippen LogP contribution >= 0.6 is 0 Å². The van der Waals surface area contributed by atoms with Crippen LogP contribution in [0, 0.1) is 0 Å². The van der Waals surface area contributed by atoms with Gasteiger partial charge in [0.25, 0.3) is 0 Å². The molecule has 0 aliphatic carbocycles. The molecule has 0 radical (unpaired) electrons. The Morgan fingerprint density at radius 2 is 2.00 bits per heavy atom. The number of hydrogen-bond acceptors (Lipinski definition) is 5. The van der Waals surface area contributed by atoms with E-state index in [4.69, 9.17) is 9.47 Å². The second kappa shape index (κ2) is 7.13. The number of imidazole rings is 1. The van der Waals surface area contributed by atoms with Crippen LogP contribution in [0.4, 0.5) is 0 Å². The van der Waals surface area contributed by atoms with Crippen LogP contribution < -0.4 is 20.3 Å². The summed E-state index contributed by atoms with van der Waals surface area (Å²) in [4.78, 5) is 15.4. The highest BCUT2D eigenvalue weighted by atomic mass is 16.5. The highest BCUT2D eigenvalue weighted by Gasteiger charge is 2.15. The monoisotopic (exact) mass is 307 g/mol. The van der Waals surface area contributed by atoms with E-state index in [0.29, 0.717) is 18.0 Å². The summed E-state index contributed by atoms with van der Waals surface area (Å²) in [5.74, 6) is 0.956. The normalized spacial score (nSPS) is 10.9. The summed E-state index contributed by atoms with van der Waals surface area (Å²) in [6.45, 7) is 1.12. The molecule has 7 nitrogen and oxygen atoms in total. The maximum atomic E-state index is 10.8. The van der Waals surface area contributed by atoms with E-state index in [0.717, 1.165) is 36.2 Å². The quantitative estimate of drug-likeness (QED) is 0.699. The lowest BCUT2D eigenvalue weighted by Gasteiger charge is -2.11. The minimum absolute atomic E-state index is 0.0584. The van der Waals surface area contributed by atoms with Crippen molar-refractivity contribution in [3.8, 4) is 11.5 Å². The van der Waals surface area contributed by atoms with E-state index in [1.807, 2.05) is 10.6 Å². The number of rotatable bonds is 8. The highest BCUT2D eigenvalue weighted by Crippen LogP contribution is 2.32. The molecule has 0 atom stereocenters. The summed E-state index contributed by atoms with van der Waals surface area (Å²) in [6.07, 6.45) is 1.58. The fraction of sp³-hybridized carbons (Fsp3) is 0.467. The Morgan fingerprint density at radius 1 is 1.32 bits per heavy atom. The van der Waals surface area contributed by atoms with Crippen LogP contribution in [-0.4, -0.2) is 36.3 Å². The molecule has 0 amide bonds. The number of carboxylic acid groups (broad SMARTS) is 1. The van der Waals surface area contributed by atoms with Gasteiger partial charge in [-0.1, -0.05) is 0 Å². The zero-order valence-electron chi connectivity index (χ0n) is 12.9. The van der Waals surface area contributed by atoms with E-state index in [2.05, 4.69) is 10.7 Å². The number of fused-ring (bicyclic) bond motifs is 1. The molecular weight excluding hydrogens is 286 g/mol. The summed E-state index contributed by atoms with van der Waals surface area (Å²) in [5.41, 5.74) is 5.42. The molecule has 120 valence electrons. The molecule has 22 heavy (non-hydrogen) atoms. The Morgan fingerprint density at radius 3 is 2.59 bits per heavy atom. The van der Waals surface area contributed by atoms with Crippen LogP contribution in [0.25, 0.3) is 11.0 Å². The Bertz CT molecular complexity index is 666. The average Bonchev–Trinajstić information content (AvgIpc) is 2.85. The minimum Gasteiger partial charge on any atom is -0.550 e. The third kappa shape index (κ3) is 3.30. The molecule has 0 aliphatic heterocycles. The standard InChI is InChI=1S/C15H21N3O4/c1-21-12-8-10-11(9-13(12)22-2)18(7-5-15(19)20)14(17-10)4-3-6-16/h8-9H,3-7,16H2,1-2H3,(H,19,20). The zero-order valence-corrected chi connectivity index (χ0v) is 12.9. The van der Waals surface area contributed by atoms with Gasteiger partial charge in [-0.25, -0.2) is 4.98 Å². The van der Waals surface area contributed by atoms with Crippen LogP contribution in [0.5, 0.6) is 11.5 Å². The molecular formula is C15H21N3O4. The largest absolute Gasteiger partial charge is 0.550 e. The number of carbonyl (C=O) groups excluding carboxylic acids is 1. The third-order valence-electron chi connectivity index (χ3n) is 3.52. The zero-order chi connectivity index (χ0) is 16.1. The van der Waals surface area contributed by atoms with E-state index in [1.165, 1.54) is 0 Å². The van der Waals surface area contributed by atoms with E-state index < -0.39 is 5.97 Å². The predicted molar refractivity (Wildman–Crippen MR) is 78.5 cm³/mol. The van der Waals surface area contributed by atoms with E-state index in [9.17, 15) is 9.90 Å². The van der Waals surface area contributed by atoms with Gasteiger partial charge in [-0.05, 0) is 0 Å². The smallest absolute Gasteiger partial charge is 0.163 e. The van der Waals surface area contributed by atoms with Crippen molar-refractivity contribution in [2.75, 3.05) is 20.8 Å². The SMILES string of the molecule is COc1cc2nc(CCC[NH3+])n(CCC(=O)[O-])c2cc1OC. The molecule has 1 aromatic carbocycles. The van der Waals surface area contributed by atoms with Gasteiger partial charge in [0, 0.05) is 43.9 Å². The molecule has 1 aromatic heterocycles. The van der Waals surface area contributed by atoms with Gasteiger partial charge >= 0.3 is 0 Å². The van der Waals surface area contributed by atoms with Crippen molar-refractivity contribution in [1.29, 1.82) is 0 Å². The van der Waals surface area contributed by atoms with Gasteiger partial charge in [0.2, 0.25) is 0 Å². The molecule has 0 spiro atoms. The molecule has 0 bridgehead atoms. The Labute approximate surface area is 128 Å². The molecule has 0 saturated heterocycles. The number of carbonyl (C=O) groups is 1. The minimum atomic E-state index is -1.08. The van der Waals surface area contributed by atoms with Crippen molar-refractivity contribution >= 4 is 17.0 Å². The van der Waals surface area contributed by atoms with Crippen molar-refractivity contribution in [2.45, 2.75) is 25.8 Å². The van der Waals surface area contributed by atoms with Crippen molar-refractivity contribution in [2.24, 2.45) is 0 Å². The number of methoxy groups -OCH3 is 2. The molecule has 0 fully saturated rings. The fourth-order valence-electron chi connectivity index (χ4n) is 2.43. The van der Waals surface area contributed by atoms with Gasteiger partial charge in [0.05, 0.1) is 31.8 Å². The van der Waals surface area contributed by atoms with Crippen LogP contribution in [0.15, 0.2) is 12.1 Å². The van der Waals surface area contributed by atoms with E-state index in [-0.39, 0.29) is 6.42 Å². The van der Waals surface area contributed by atoms with Gasteiger partial charge < -0.3 is 29.7 Å². The Kier molecular flexibility index (Phi) is 5.21. The molecule has 0 saturated carbocycles. The van der Waals surface area contributed by atoms with Crippen molar-refractivity contribution in [1.82, 2.24) is 9.55 Å². The first-order valence-corrected chi connectivity index (χ1v) is 7.21. The highest BCUT2D eigenvalue weighted by molar-refractivity contribution is 5.81. The second-order valence-corrected chi connectivity index (χ2v) is 4.95. The van der Waals surface area contributed by atoms with E-state index >= 15 is 0 Å². The number of ether oxygens (including phenoxy) is 2. The maximum absolute atomic E-state index is 10.8.